The molecule has 0 fully saturated rings. The van der Waals surface area contributed by atoms with E-state index in [4.69, 9.17) is 9.47 Å². The second-order valence-electron chi connectivity index (χ2n) is 4.68. The molecule has 2 rings (SSSR count). The second-order valence-corrected chi connectivity index (χ2v) is 4.68. The van der Waals surface area contributed by atoms with E-state index in [1.807, 2.05) is 6.92 Å². The molecule has 1 unspecified atom stereocenters. The van der Waals surface area contributed by atoms with Gasteiger partial charge in [0.25, 0.3) is 0 Å². The summed E-state index contributed by atoms with van der Waals surface area (Å²) in [5.41, 5.74) is 0. The van der Waals surface area contributed by atoms with Crippen molar-refractivity contribution in [2.75, 3.05) is 18.5 Å². The van der Waals surface area contributed by atoms with Gasteiger partial charge in [0.05, 0.1) is 6.61 Å². The Morgan fingerprint density at radius 3 is 2.48 bits per heavy atom. The summed E-state index contributed by atoms with van der Waals surface area (Å²) in [5, 5.41) is 8.32. The lowest BCUT2D eigenvalue weighted by Crippen LogP contribution is -2.21. The molecule has 9 heteroatoms. The Labute approximate surface area is 131 Å². The number of hydrogen-bond acceptors (Lipinski definition) is 5. The molecule has 0 saturated carbocycles. The average Bonchev–Trinajstić information content (AvgIpc) is 2.96. The Morgan fingerprint density at radius 2 is 1.87 bits per heavy atom. The molecule has 126 valence electrons. The van der Waals surface area contributed by atoms with E-state index in [9.17, 15) is 13.2 Å². The van der Waals surface area contributed by atoms with Crippen LogP contribution in [-0.2, 0) is 0 Å². The van der Waals surface area contributed by atoms with E-state index in [2.05, 4.69) is 20.5 Å². The Bertz CT molecular complexity index is 613. The lowest BCUT2D eigenvalue weighted by molar-refractivity contribution is -0.115. The fourth-order valence-electron chi connectivity index (χ4n) is 1.76. The molecule has 2 N–H and O–H groups in total. The molecule has 0 aliphatic carbocycles. The fourth-order valence-corrected chi connectivity index (χ4v) is 1.76. The largest absolute Gasteiger partial charge is 0.494 e. The average molecular weight is 330 g/mol. The van der Waals surface area contributed by atoms with E-state index >= 15 is 0 Å². The highest BCUT2D eigenvalue weighted by molar-refractivity contribution is 5.31. The van der Waals surface area contributed by atoms with Gasteiger partial charge in [-0.3, -0.25) is 5.10 Å². The number of alkyl halides is 3. The number of ether oxygens (including phenoxy) is 2. The van der Waals surface area contributed by atoms with Crippen LogP contribution in [0.25, 0.3) is 0 Å². The van der Waals surface area contributed by atoms with Crippen molar-refractivity contribution in [1.82, 2.24) is 15.2 Å². The van der Waals surface area contributed by atoms with Gasteiger partial charge in [-0.2, -0.15) is 18.2 Å². The molecule has 2 aromatic rings. The van der Waals surface area contributed by atoms with Gasteiger partial charge in [0.1, 0.15) is 18.0 Å². The van der Waals surface area contributed by atoms with Crippen LogP contribution in [-0.4, -0.2) is 34.5 Å². The van der Waals surface area contributed by atoms with Gasteiger partial charge in [0, 0.05) is 0 Å². The second kappa shape index (κ2) is 7.21. The third-order valence-electron chi connectivity index (χ3n) is 2.78. The first kappa shape index (κ1) is 16.9. The van der Waals surface area contributed by atoms with Crippen LogP contribution in [0.15, 0.2) is 24.3 Å². The van der Waals surface area contributed by atoms with Crippen molar-refractivity contribution >= 4 is 5.95 Å². The van der Waals surface area contributed by atoms with Crippen molar-refractivity contribution in [3.63, 3.8) is 0 Å². The van der Waals surface area contributed by atoms with Gasteiger partial charge in [0.15, 0.2) is 11.9 Å². The quantitative estimate of drug-likeness (QED) is 0.815. The molecule has 1 heterocycles. The summed E-state index contributed by atoms with van der Waals surface area (Å²) in [6, 6.07) is 7.01. The van der Waals surface area contributed by atoms with Crippen LogP contribution in [0.1, 0.15) is 25.8 Å². The standard InChI is InChI=1S/C14H17F3N4O2/c1-3-22-10-4-6-11(7-5-10)23-9(2)12-19-13(21-20-12)18-8-14(15,16)17/h4-7,9H,3,8H2,1-2H3,(H2,18,19,20,21). The highest BCUT2D eigenvalue weighted by Gasteiger charge is 2.27. The minimum atomic E-state index is -4.33. The van der Waals surface area contributed by atoms with Gasteiger partial charge in [-0.1, -0.05) is 0 Å². The van der Waals surface area contributed by atoms with Gasteiger partial charge in [0.2, 0.25) is 5.95 Å². The maximum Gasteiger partial charge on any atom is 0.405 e. The van der Waals surface area contributed by atoms with Gasteiger partial charge in [-0.05, 0) is 38.1 Å². The van der Waals surface area contributed by atoms with Crippen molar-refractivity contribution in [3.8, 4) is 11.5 Å². The number of rotatable bonds is 7. The molecular weight excluding hydrogens is 313 g/mol. The van der Waals surface area contributed by atoms with Crippen molar-refractivity contribution in [2.45, 2.75) is 26.1 Å². The van der Waals surface area contributed by atoms with Gasteiger partial charge < -0.3 is 14.8 Å². The molecule has 0 amide bonds. The third-order valence-corrected chi connectivity index (χ3v) is 2.78. The molecule has 1 aromatic heterocycles. The molecule has 0 bridgehead atoms. The maximum atomic E-state index is 12.1. The van der Waals surface area contributed by atoms with E-state index in [1.54, 1.807) is 31.2 Å². The molecule has 0 saturated heterocycles. The third kappa shape index (κ3) is 5.35. The summed E-state index contributed by atoms with van der Waals surface area (Å²) in [5.74, 6) is 1.51. The van der Waals surface area contributed by atoms with E-state index in [0.717, 1.165) is 5.75 Å². The number of nitrogens with zero attached hydrogens (tertiary/aromatic N) is 2. The molecule has 0 aliphatic heterocycles. The Morgan fingerprint density at radius 1 is 1.22 bits per heavy atom. The number of benzene rings is 1. The van der Waals surface area contributed by atoms with Gasteiger partial charge in [-0.25, -0.2) is 0 Å². The van der Waals surface area contributed by atoms with Crippen LogP contribution in [0, 0.1) is 0 Å². The molecule has 1 aromatic carbocycles. The van der Waals surface area contributed by atoms with E-state index in [1.165, 1.54) is 0 Å². The van der Waals surface area contributed by atoms with Crippen LogP contribution in [0.4, 0.5) is 19.1 Å². The minimum absolute atomic E-state index is 0.125. The first-order chi connectivity index (χ1) is 10.9. The molecule has 0 radical (unpaired) electrons. The van der Waals surface area contributed by atoms with Gasteiger partial charge >= 0.3 is 6.18 Å². The Balaban J connectivity index is 1.92. The zero-order valence-corrected chi connectivity index (χ0v) is 12.6. The zero-order valence-electron chi connectivity index (χ0n) is 12.6. The number of hydrogen-bond donors (Lipinski definition) is 2. The maximum absolute atomic E-state index is 12.1. The molecule has 1 atom stereocenters. The fraction of sp³-hybridized carbons (Fsp3) is 0.429. The summed E-state index contributed by atoms with van der Waals surface area (Å²) < 4.78 is 47.3. The summed E-state index contributed by atoms with van der Waals surface area (Å²) in [6.45, 7) is 2.98. The van der Waals surface area contributed by atoms with Crippen LogP contribution < -0.4 is 14.8 Å². The van der Waals surface area contributed by atoms with Crippen molar-refractivity contribution in [2.24, 2.45) is 0 Å². The van der Waals surface area contributed by atoms with Crippen LogP contribution in [0.3, 0.4) is 0 Å². The van der Waals surface area contributed by atoms with Crippen molar-refractivity contribution in [3.05, 3.63) is 30.1 Å². The number of H-pyrrole nitrogens is 1. The summed E-state index contributed by atoms with van der Waals surface area (Å²) in [6.07, 6.45) is -4.83. The number of halogens is 3. The molecule has 0 spiro atoms. The number of anilines is 1. The summed E-state index contributed by atoms with van der Waals surface area (Å²) in [7, 11) is 0. The topological polar surface area (TPSA) is 72.1 Å². The van der Waals surface area contributed by atoms with Crippen LogP contribution in [0.5, 0.6) is 11.5 Å². The predicted molar refractivity (Wildman–Crippen MR) is 77.6 cm³/mol. The van der Waals surface area contributed by atoms with Crippen molar-refractivity contribution in [1.29, 1.82) is 0 Å². The van der Waals surface area contributed by atoms with E-state index < -0.39 is 18.8 Å². The number of nitrogens with one attached hydrogen (secondary N) is 2. The van der Waals surface area contributed by atoms with E-state index in [0.29, 0.717) is 18.2 Å². The monoisotopic (exact) mass is 330 g/mol. The highest BCUT2D eigenvalue weighted by Crippen LogP contribution is 2.23. The Kier molecular flexibility index (Phi) is 5.30. The molecule has 23 heavy (non-hydrogen) atoms. The van der Waals surface area contributed by atoms with Crippen molar-refractivity contribution < 1.29 is 22.6 Å². The highest BCUT2D eigenvalue weighted by atomic mass is 19.4. The number of aromatic amines is 1. The number of aromatic nitrogens is 3. The first-order valence-corrected chi connectivity index (χ1v) is 7.00. The Hall–Kier alpha value is -2.45. The SMILES string of the molecule is CCOc1ccc(OC(C)c2nc(NCC(F)(F)F)n[nH]2)cc1. The van der Waals surface area contributed by atoms with Crippen LogP contribution >= 0.6 is 0 Å². The van der Waals surface area contributed by atoms with Crippen LogP contribution in [0.2, 0.25) is 0 Å². The molecular formula is C14H17F3N4O2. The first-order valence-electron chi connectivity index (χ1n) is 7.00. The lowest BCUT2D eigenvalue weighted by atomic mass is 10.3. The minimum Gasteiger partial charge on any atom is -0.494 e. The lowest BCUT2D eigenvalue weighted by Gasteiger charge is -2.12. The smallest absolute Gasteiger partial charge is 0.405 e. The molecule has 0 aliphatic rings. The summed E-state index contributed by atoms with van der Waals surface area (Å²) >= 11 is 0. The normalized spacial score (nSPS) is 12.7. The summed E-state index contributed by atoms with van der Waals surface area (Å²) in [4.78, 5) is 3.93. The molecule has 6 nitrogen and oxygen atoms in total. The predicted octanol–water partition coefficient (Wildman–Crippen LogP) is 3.32. The zero-order chi connectivity index (χ0) is 16.9. The van der Waals surface area contributed by atoms with Gasteiger partial charge in [-0.15, -0.1) is 5.10 Å². The van der Waals surface area contributed by atoms with E-state index in [-0.39, 0.29) is 5.95 Å².